The van der Waals surface area contributed by atoms with Gasteiger partial charge >= 0.3 is 5.97 Å². The molecule has 2 aromatic heterocycles. The van der Waals surface area contributed by atoms with E-state index in [4.69, 9.17) is 9.52 Å². The van der Waals surface area contributed by atoms with Crippen molar-refractivity contribution in [3.63, 3.8) is 0 Å². The average molecular weight is 306 g/mol. The maximum atomic E-state index is 10.8. The summed E-state index contributed by atoms with van der Waals surface area (Å²) in [5.41, 5.74) is 1.55. The topological polar surface area (TPSA) is 66.2 Å². The fourth-order valence-electron chi connectivity index (χ4n) is 1.80. The Balaban J connectivity index is 2.10. The van der Waals surface area contributed by atoms with Crippen LogP contribution in [0.1, 0.15) is 10.5 Å². The van der Waals surface area contributed by atoms with E-state index in [9.17, 15) is 4.79 Å². The Morgan fingerprint density at radius 2 is 2.06 bits per heavy atom. The Morgan fingerprint density at radius 1 is 1.22 bits per heavy atom. The molecule has 0 aliphatic carbocycles. The van der Waals surface area contributed by atoms with Crippen LogP contribution < -0.4 is 0 Å². The van der Waals surface area contributed by atoms with Crippen molar-refractivity contribution in [3.05, 3.63) is 46.6 Å². The number of benzene rings is 1. The number of nitrogens with one attached hydrogen (secondary N) is 1. The number of carboxylic acids is 1. The van der Waals surface area contributed by atoms with E-state index in [0.717, 1.165) is 15.4 Å². The monoisotopic (exact) mass is 305 g/mol. The van der Waals surface area contributed by atoms with E-state index >= 15 is 0 Å². The van der Waals surface area contributed by atoms with Gasteiger partial charge in [0, 0.05) is 9.86 Å². The molecular weight excluding hydrogens is 298 g/mol. The van der Waals surface area contributed by atoms with E-state index in [-0.39, 0.29) is 5.69 Å². The first-order valence-corrected chi connectivity index (χ1v) is 6.04. The Kier molecular flexibility index (Phi) is 2.48. The molecule has 2 N–H and O–H groups in total. The maximum Gasteiger partial charge on any atom is 0.352 e. The number of carboxylic acid groups (broad SMARTS) is 1. The van der Waals surface area contributed by atoms with E-state index in [0.29, 0.717) is 11.5 Å². The minimum Gasteiger partial charge on any atom is -0.477 e. The lowest BCUT2D eigenvalue weighted by atomic mass is 10.2. The Morgan fingerprint density at radius 3 is 2.78 bits per heavy atom. The zero-order valence-electron chi connectivity index (χ0n) is 9.11. The molecule has 18 heavy (non-hydrogen) atoms. The van der Waals surface area contributed by atoms with Crippen molar-refractivity contribution in [3.8, 4) is 11.5 Å². The maximum absolute atomic E-state index is 10.8. The van der Waals surface area contributed by atoms with E-state index in [1.165, 1.54) is 6.07 Å². The van der Waals surface area contributed by atoms with Gasteiger partial charge in [-0.15, -0.1) is 0 Å². The highest BCUT2D eigenvalue weighted by Gasteiger charge is 2.11. The number of fused-ring (bicyclic) bond motifs is 1. The van der Waals surface area contributed by atoms with Gasteiger partial charge < -0.3 is 14.5 Å². The molecule has 90 valence electrons. The zero-order chi connectivity index (χ0) is 12.7. The molecule has 2 heterocycles. The zero-order valence-corrected chi connectivity index (χ0v) is 10.7. The fraction of sp³-hybridized carbons (Fsp3) is 0. The second-order valence-corrected chi connectivity index (χ2v) is 4.80. The summed E-state index contributed by atoms with van der Waals surface area (Å²) < 4.78 is 6.61. The van der Waals surface area contributed by atoms with Crippen LogP contribution in [0.5, 0.6) is 0 Å². The average Bonchev–Trinajstić information content (AvgIpc) is 2.93. The third-order valence-electron chi connectivity index (χ3n) is 2.66. The highest BCUT2D eigenvalue weighted by Crippen LogP contribution is 2.29. The van der Waals surface area contributed by atoms with Gasteiger partial charge in [-0.3, -0.25) is 0 Å². The SMILES string of the molecule is O=C(O)c1ccc(-c2cc3ccc(Br)cc3o2)[nH]1. The summed E-state index contributed by atoms with van der Waals surface area (Å²) in [4.78, 5) is 13.6. The van der Waals surface area contributed by atoms with Gasteiger partial charge in [0.1, 0.15) is 11.3 Å². The summed E-state index contributed by atoms with van der Waals surface area (Å²) in [5.74, 6) is -0.365. The third-order valence-corrected chi connectivity index (χ3v) is 3.16. The standard InChI is InChI=1S/C13H8BrNO3/c14-8-2-1-7-5-12(18-11(7)6-8)9-3-4-10(15-9)13(16)17/h1-6,15H,(H,16,17). The Bertz CT molecular complexity index is 742. The number of halogens is 1. The second-order valence-electron chi connectivity index (χ2n) is 3.88. The number of H-pyrrole nitrogens is 1. The van der Waals surface area contributed by atoms with Crippen molar-refractivity contribution >= 4 is 32.9 Å². The fourth-order valence-corrected chi connectivity index (χ4v) is 2.14. The van der Waals surface area contributed by atoms with Crippen molar-refractivity contribution in [2.75, 3.05) is 0 Å². The predicted molar refractivity (Wildman–Crippen MR) is 70.7 cm³/mol. The van der Waals surface area contributed by atoms with Gasteiger partial charge in [0.05, 0.1) is 5.69 Å². The van der Waals surface area contributed by atoms with E-state index < -0.39 is 5.97 Å². The number of rotatable bonds is 2. The molecule has 0 aliphatic heterocycles. The molecule has 3 rings (SSSR count). The van der Waals surface area contributed by atoms with E-state index in [1.807, 2.05) is 24.3 Å². The van der Waals surface area contributed by atoms with Crippen LogP contribution in [-0.4, -0.2) is 16.1 Å². The number of carbonyl (C=O) groups is 1. The second kappa shape index (κ2) is 4.03. The molecule has 0 spiro atoms. The molecule has 0 atom stereocenters. The van der Waals surface area contributed by atoms with Crippen molar-refractivity contribution in [2.45, 2.75) is 0 Å². The molecule has 0 aliphatic rings. The van der Waals surface area contributed by atoms with Gasteiger partial charge in [0.15, 0.2) is 5.76 Å². The highest BCUT2D eigenvalue weighted by molar-refractivity contribution is 9.10. The molecule has 0 amide bonds. The van der Waals surface area contributed by atoms with Crippen LogP contribution in [0.3, 0.4) is 0 Å². The van der Waals surface area contributed by atoms with Crippen LogP contribution in [0.2, 0.25) is 0 Å². The first kappa shape index (κ1) is 11.1. The number of hydrogen-bond donors (Lipinski definition) is 2. The van der Waals surface area contributed by atoms with Crippen molar-refractivity contribution < 1.29 is 14.3 Å². The van der Waals surface area contributed by atoms with Gasteiger partial charge in [-0.2, -0.15) is 0 Å². The Hall–Kier alpha value is -2.01. The van der Waals surface area contributed by atoms with Gasteiger partial charge in [0.2, 0.25) is 0 Å². The van der Waals surface area contributed by atoms with Gasteiger partial charge in [0.25, 0.3) is 0 Å². The molecule has 0 bridgehead atoms. The summed E-state index contributed by atoms with van der Waals surface area (Å²) in [7, 11) is 0. The van der Waals surface area contributed by atoms with Crippen LogP contribution in [-0.2, 0) is 0 Å². The molecule has 0 saturated carbocycles. The minimum atomic E-state index is -0.986. The molecule has 0 unspecified atom stereocenters. The predicted octanol–water partition coefficient (Wildman–Crippen LogP) is 3.89. The number of aromatic amines is 1. The molecule has 1 aromatic carbocycles. The highest BCUT2D eigenvalue weighted by atomic mass is 79.9. The van der Waals surface area contributed by atoms with Crippen molar-refractivity contribution in [2.24, 2.45) is 0 Å². The lowest BCUT2D eigenvalue weighted by Crippen LogP contribution is -1.95. The summed E-state index contributed by atoms with van der Waals surface area (Å²) in [6.45, 7) is 0. The molecule has 0 saturated heterocycles. The number of hydrogen-bond acceptors (Lipinski definition) is 2. The smallest absolute Gasteiger partial charge is 0.352 e. The summed E-state index contributed by atoms with van der Waals surface area (Å²) in [6.07, 6.45) is 0. The molecule has 3 aromatic rings. The number of furan rings is 1. The summed E-state index contributed by atoms with van der Waals surface area (Å²) in [5, 5.41) is 9.83. The molecule has 0 fully saturated rings. The number of aromatic nitrogens is 1. The van der Waals surface area contributed by atoms with Gasteiger partial charge in [-0.25, -0.2) is 4.79 Å². The molecule has 4 nitrogen and oxygen atoms in total. The van der Waals surface area contributed by atoms with Crippen LogP contribution in [0.15, 0.2) is 45.3 Å². The van der Waals surface area contributed by atoms with Crippen LogP contribution >= 0.6 is 15.9 Å². The largest absolute Gasteiger partial charge is 0.477 e. The van der Waals surface area contributed by atoms with Gasteiger partial charge in [-0.05, 0) is 36.4 Å². The first-order chi connectivity index (χ1) is 8.63. The van der Waals surface area contributed by atoms with E-state index in [2.05, 4.69) is 20.9 Å². The lowest BCUT2D eigenvalue weighted by molar-refractivity contribution is 0.0691. The molecule has 5 heteroatoms. The first-order valence-electron chi connectivity index (χ1n) is 5.25. The summed E-state index contributed by atoms with van der Waals surface area (Å²) in [6, 6.07) is 10.8. The van der Waals surface area contributed by atoms with Crippen LogP contribution in [0, 0.1) is 0 Å². The van der Waals surface area contributed by atoms with Crippen LogP contribution in [0.25, 0.3) is 22.4 Å². The Labute approximate surface area is 110 Å². The van der Waals surface area contributed by atoms with Gasteiger partial charge in [-0.1, -0.05) is 15.9 Å². The minimum absolute atomic E-state index is 0.145. The quantitative estimate of drug-likeness (QED) is 0.755. The van der Waals surface area contributed by atoms with Crippen molar-refractivity contribution in [1.82, 2.24) is 4.98 Å². The summed E-state index contributed by atoms with van der Waals surface area (Å²) >= 11 is 3.38. The normalized spacial score (nSPS) is 10.9. The van der Waals surface area contributed by atoms with Crippen LogP contribution in [0.4, 0.5) is 0 Å². The molecule has 0 radical (unpaired) electrons. The third kappa shape index (κ3) is 1.82. The van der Waals surface area contributed by atoms with E-state index in [1.54, 1.807) is 6.07 Å². The lowest BCUT2D eigenvalue weighted by Gasteiger charge is -1.91. The van der Waals surface area contributed by atoms with Crippen molar-refractivity contribution in [1.29, 1.82) is 0 Å². The molecular formula is C13H8BrNO3. The number of aromatic carboxylic acids is 1.